The molecule has 0 bridgehead atoms. The van der Waals surface area contributed by atoms with Crippen LogP contribution < -0.4 is 17.0 Å². The van der Waals surface area contributed by atoms with Gasteiger partial charge in [-0.1, -0.05) is 0 Å². The van der Waals surface area contributed by atoms with Gasteiger partial charge in [-0.3, -0.25) is 24.0 Å². The Bertz CT molecular complexity index is 711. The van der Waals surface area contributed by atoms with E-state index in [1.54, 1.807) is 0 Å². The number of hydrogen-bond donors (Lipinski definition) is 2. The third-order valence-corrected chi connectivity index (χ3v) is 4.12. The zero-order valence-corrected chi connectivity index (χ0v) is 14.2. The highest BCUT2D eigenvalue weighted by Gasteiger charge is 2.28. The molecule has 9 heteroatoms. The van der Waals surface area contributed by atoms with Crippen LogP contribution in [0.1, 0.15) is 24.2 Å². The molecule has 0 unspecified atom stereocenters. The maximum absolute atomic E-state index is 12.6. The quantitative estimate of drug-likeness (QED) is 0.641. The Kier molecular flexibility index (Phi) is 5.92. The molecule has 134 valence electrons. The van der Waals surface area contributed by atoms with Gasteiger partial charge in [-0.25, -0.2) is 4.79 Å². The second kappa shape index (κ2) is 7.73. The van der Waals surface area contributed by atoms with Crippen molar-refractivity contribution >= 4 is 11.6 Å². The number of ether oxygens (including phenoxy) is 2. The number of nitrogens with two attached hydrogens (primary N) is 1. The normalized spacial score (nSPS) is 21.8. The van der Waals surface area contributed by atoms with Crippen LogP contribution in [0.5, 0.6) is 0 Å². The molecule has 1 fully saturated rings. The molecule has 1 aliphatic heterocycles. The van der Waals surface area contributed by atoms with Crippen LogP contribution >= 0.6 is 0 Å². The van der Waals surface area contributed by atoms with Crippen molar-refractivity contribution in [3.63, 3.8) is 0 Å². The number of nitrogen functional groups attached to an aromatic ring is 1. The minimum atomic E-state index is -0.759. The summed E-state index contributed by atoms with van der Waals surface area (Å²) in [5.41, 5.74) is 4.32. The Morgan fingerprint density at radius 3 is 2.79 bits per heavy atom. The fourth-order valence-electron chi connectivity index (χ4n) is 2.72. The highest BCUT2D eigenvalue weighted by molar-refractivity contribution is 6.01. The van der Waals surface area contributed by atoms with Gasteiger partial charge in [0.1, 0.15) is 11.4 Å². The van der Waals surface area contributed by atoms with Gasteiger partial charge in [-0.2, -0.15) is 0 Å². The van der Waals surface area contributed by atoms with Gasteiger partial charge in [0.15, 0.2) is 5.78 Å². The van der Waals surface area contributed by atoms with Crippen LogP contribution in [0.15, 0.2) is 9.59 Å². The minimum absolute atomic E-state index is 0.0142. The second-order valence-electron chi connectivity index (χ2n) is 6.01. The molecule has 1 saturated heterocycles. The third kappa shape index (κ3) is 3.92. The molecule has 9 nitrogen and oxygen atoms in total. The molecule has 2 heterocycles. The van der Waals surface area contributed by atoms with Crippen molar-refractivity contribution in [3.8, 4) is 0 Å². The maximum atomic E-state index is 12.6. The average Bonchev–Trinajstić information content (AvgIpc) is 2.50. The van der Waals surface area contributed by atoms with E-state index in [4.69, 9.17) is 15.2 Å². The van der Waals surface area contributed by atoms with Gasteiger partial charge >= 0.3 is 5.69 Å². The van der Waals surface area contributed by atoms with Gasteiger partial charge in [0.05, 0.1) is 32.4 Å². The summed E-state index contributed by atoms with van der Waals surface area (Å²) in [6.45, 7) is 5.43. The molecule has 2 atom stereocenters. The minimum Gasteiger partial charge on any atom is -0.384 e. The number of morpholine rings is 1. The van der Waals surface area contributed by atoms with E-state index in [9.17, 15) is 14.4 Å². The van der Waals surface area contributed by atoms with Crippen LogP contribution in [-0.4, -0.2) is 65.8 Å². The average molecular weight is 340 g/mol. The number of ketones is 1. The third-order valence-electron chi connectivity index (χ3n) is 4.12. The van der Waals surface area contributed by atoms with Gasteiger partial charge in [-0.05, 0) is 13.8 Å². The summed E-state index contributed by atoms with van der Waals surface area (Å²) in [6, 6.07) is 0.0600. The van der Waals surface area contributed by atoms with Gasteiger partial charge in [0.2, 0.25) is 0 Å². The lowest BCUT2D eigenvalue weighted by Crippen LogP contribution is -2.50. The number of carbonyl (C=O) groups excluding carboxylic acids is 1. The fraction of sp³-hybridized carbons (Fsp3) is 0.667. The number of Topliss-reactive ketones (excluding diaryl/α,β-unsaturated/α-hetero) is 1. The number of nitrogens with one attached hydrogen (secondary N) is 1. The van der Waals surface area contributed by atoms with E-state index in [2.05, 4.69) is 4.98 Å². The Morgan fingerprint density at radius 2 is 2.12 bits per heavy atom. The van der Waals surface area contributed by atoms with Gasteiger partial charge < -0.3 is 15.2 Å². The largest absolute Gasteiger partial charge is 0.384 e. The first kappa shape index (κ1) is 18.4. The molecular weight excluding hydrogens is 316 g/mol. The molecule has 0 saturated carbocycles. The summed E-state index contributed by atoms with van der Waals surface area (Å²) in [5.74, 6) is -0.541. The van der Waals surface area contributed by atoms with Crippen molar-refractivity contribution in [2.75, 3.05) is 39.1 Å². The summed E-state index contributed by atoms with van der Waals surface area (Å²) >= 11 is 0. The zero-order valence-electron chi connectivity index (χ0n) is 14.2. The highest BCUT2D eigenvalue weighted by Crippen LogP contribution is 2.13. The van der Waals surface area contributed by atoms with Crippen LogP contribution in [0.4, 0.5) is 5.82 Å². The van der Waals surface area contributed by atoms with Crippen LogP contribution in [-0.2, 0) is 16.0 Å². The monoisotopic (exact) mass is 340 g/mol. The zero-order chi connectivity index (χ0) is 17.9. The number of H-pyrrole nitrogens is 1. The molecule has 1 aliphatic rings. The first-order valence-corrected chi connectivity index (χ1v) is 7.85. The van der Waals surface area contributed by atoms with Gasteiger partial charge in [0, 0.05) is 19.7 Å². The standard InChI is InChI=1S/C15H24N4O5/c1-9-8-24-10(2)6-18(9)7-11(20)12-13(16)19(4-5-23-3)15(22)17-14(12)21/h9-10H,4-8,16H2,1-3H3,(H,17,21,22)/t9-,10-/m0/s1. The molecular formula is C15H24N4O5. The predicted octanol–water partition coefficient (Wildman–Crippen LogP) is -0.943. The lowest BCUT2D eigenvalue weighted by molar-refractivity contribution is -0.0460. The topological polar surface area (TPSA) is 120 Å². The molecule has 1 aromatic rings. The molecule has 0 amide bonds. The van der Waals surface area contributed by atoms with Crippen LogP contribution in [0.25, 0.3) is 0 Å². The molecule has 0 aliphatic carbocycles. The maximum Gasteiger partial charge on any atom is 0.330 e. The summed E-state index contributed by atoms with van der Waals surface area (Å²) in [5, 5.41) is 0. The number of rotatable bonds is 6. The Balaban J connectivity index is 2.28. The van der Waals surface area contributed by atoms with E-state index < -0.39 is 17.0 Å². The smallest absolute Gasteiger partial charge is 0.330 e. The van der Waals surface area contributed by atoms with Gasteiger partial charge in [-0.15, -0.1) is 0 Å². The van der Waals surface area contributed by atoms with Crippen molar-refractivity contribution in [2.45, 2.75) is 32.5 Å². The fourth-order valence-corrected chi connectivity index (χ4v) is 2.72. The van der Waals surface area contributed by atoms with E-state index in [1.807, 2.05) is 18.7 Å². The summed E-state index contributed by atoms with van der Waals surface area (Å²) in [4.78, 5) is 40.6. The summed E-state index contributed by atoms with van der Waals surface area (Å²) in [6.07, 6.45) is 0.0142. The number of carbonyl (C=O) groups is 1. The molecule has 24 heavy (non-hydrogen) atoms. The molecule has 0 aromatic carbocycles. The lowest BCUT2D eigenvalue weighted by atomic mass is 10.1. The SMILES string of the molecule is COCCn1c(N)c(C(=O)CN2C[C@H](C)OC[C@@H]2C)c(=O)[nH]c1=O. The van der Waals surface area contributed by atoms with Crippen molar-refractivity contribution in [1.82, 2.24) is 14.5 Å². The van der Waals surface area contributed by atoms with E-state index in [-0.39, 0.29) is 43.2 Å². The molecule has 3 N–H and O–H groups in total. The molecule has 0 spiro atoms. The van der Waals surface area contributed by atoms with Crippen LogP contribution in [0, 0.1) is 0 Å². The Hall–Kier alpha value is -1.97. The van der Waals surface area contributed by atoms with Crippen LogP contribution in [0.3, 0.4) is 0 Å². The number of nitrogens with zero attached hydrogens (tertiary/aromatic N) is 2. The number of methoxy groups -OCH3 is 1. The van der Waals surface area contributed by atoms with Crippen molar-refractivity contribution in [2.24, 2.45) is 0 Å². The van der Waals surface area contributed by atoms with Crippen molar-refractivity contribution < 1.29 is 14.3 Å². The van der Waals surface area contributed by atoms with E-state index in [1.165, 1.54) is 7.11 Å². The summed E-state index contributed by atoms with van der Waals surface area (Å²) in [7, 11) is 1.49. The highest BCUT2D eigenvalue weighted by atomic mass is 16.5. The summed E-state index contributed by atoms with van der Waals surface area (Å²) < 4.78 is 11.6. The van der Waals surface area contributed by atoms with Crippen LogP contribution in [0.2, 0.25) is 0 Å². The Morgan fingerprint density at radius 1 is 1.42 bits per heavy atom. The molecule has 0 radical (unpaired) electrons. The van der Waals surface area contributed by atoms with E-state index in [0.717, 1.165) is 4.57 Å². The molecule has 2 rings (SSSR count). The van der Waals surface area contributed by atoms with Crippen molar-refractivity contribution in [1.29, 1.82) is 0 Å². The number of aromatic nitrogens is 2. The first-order chi connectivity index (χ1) is 11.3. The number of anilines is 1. The molecule has 1 aromatic heterocycles. The van der Waals surface area contributed by atoms with E-state index in [0.29, 0.717) is 13.2 Å². The number of aromatic amines is 1. The second-order valence-corrected chi connectivity index (χ2v) is 6.01. The van der Waals surface area contributed by atoms with Gasteiger partial charge in [0.25, 0.3) is 5.56 Å². The Labute approximate surface area is 139 Å². The van der Waals surface area contributed by atoms with Crippen molar-refractivity contribution in [3.05, 3.63) is 26.4 Å². The lowest BCUT2D eigenvalue weighted by Gasteiger charge is -2.36. The predicted molar refractivity (Wildman–Crippen MR) is 88.4 cm³/mol. The number of hydrogen-bond acceptors (Lipinski definition) is 7. The van der Waals surface area contributed by atoms with E-state index >= 15 is 0 Å². The first-order valence-electron chi connectivity index (χ1n) is 7.85.